The highest BCUT2D eigenvalue weighted by molar-refractivity contribution is 5.65. The fraction of sp³-hybridized carbons (Fsp3) is 0.667. The standard InChI is InChI=1S/C9H15NO2/c1-7(2)8-3-5-10(6-4-8)9(11)12/h3,7H,4-6H2,1-2H3,(H,11,12). The van der Waals surface area contributed by atoms with E-state index in [2.05, 4.69) is 13.8 Å². The van der Waals surface area contributed by atoms with Crippen molar-refractivity contribution in [3.8, 4) is 0 Å². The normalized spacial score (nSPS) is 17.9. The molecular weight excluding hydrogens is 154 g/mol. The molecule has 0 fully saturated rings. The predicted molar refractivity (Wildman–Crippen MR) is 47.1 cm³/mol. The summed E-state index contributed by atoms with van der Waals surface area (Å²) < 4.78 is 0. The molecule has 0 aromatic heterocycles. The van der Waals surface area contributed by atoms with Gasteiger partial charge in [-0.15, -0.1) is 0 Å². The van der Waals surface area contributed by atoms with E-state index in [9.17, 15) is 4.79 Å². The minimum absolute atomic E-state index is 0.556. The Morgan fingerprint density at radius 2 is 2.33 bits per heavy atom. The van der Waals surface area contributed by atoms with Crippen molar-refractivity contribution in [1.29, 1.82) is 0 Å². The Kier molecular flexibility index (Phi) is 2.74. The molecule has 68 valence electrons. The van der Waals surface area contributed by atoms with E-state index in [0.29, 0.717) is 19.0 Å². The van der Waals surface area contributed by atoms with Gasteiger partial charge in [0, 0.05) is 13.1 Å². The lowest BCUT2D eigenvalue weighted by atomic mass is 9.97. The van der Waals surface area contributed by atoms with Crippen LogP contribution in [0.5, 0.6) is 0 Å². The van der Waals surface area contributed by atoms with E-state index in [0.717, 1.165) is 6.42 Å². The molecule has 0 spiro atoms. The third-order valence-electron chi connectivity index (χ3n) is 2.26. The molecule has 0 bridgehead atoms. The zero-order chi connectivity index (χ0) is 9.14. The van der Waals surface area contributed by atoms with E-state index >= 15 is 0 Å². The van der Waals surface area contributed by atoms with Gasteiger partial charge in [0.2, 0.25) is 0 Å². The molecule has 1 aliphatic heterocycles. The lowest BCUT2D eigenvalue weighted by Gasteiger charge is -2.25. The lowest BCUT2D eigenvalue weighted by Crippen LogP contribution is -2.34. The fourth-order valence-electron chi connectivity index (χ4n) is 1.38. The van der Waals surface area contributed by atoms with Gasteiger partial charge in [-0.05, 0) is 12.3 Å². The number of hydrogen-bond donors (Lipinski definition) is 1. The van der Waals surface area contributed by atoms with Crippen LogP contribution in [0.4, 0.5) is 4.79 Å². The molecule has 0 aromatic rings. The van der Waals surface area contributed by atoms with Crippen molar-refractivity contribution in [3.05, 3.63) is 11.6 Å². The highest BCUT2D eigenvalue weighted by Crippen LogP contribution is 2.18. The Hall–Kier alpha value is -0.990. The summed E-state index contributed by atoms with van der Waals surface area (Å²) in [5.41, 5.74) is 1.38. The maximum absolute atomic E-state index is 10.5. The smallest absolute Gasteiger partial charge is 0.407 e. The molecule has 0 saturated carbocycles. The first-order chi connectivity index (χ1) is 5.61. The van der Waals surface area contributed by atoms with Crippen molar-refractivity contribution in [2.75, 3.05) is 13.1 Å². The van der Waals surface area contributed by atoms with Crippen molar-refractivity contribution in [2.24, 2.45) is 5.92 Å². The number of rotatable bonds is 1. The highest BCUT2D eigenvalue weighted by Gasteiger charge is 2.16. The molecule has 0 atom stereocenters. The Balaban J connectivity index is 2.53. The minimum Gasteiger partial charge on any atom is -0.465 e. The van der Waals surface area contributed by atoms with Gasteiger partial charge in [-0.25, -0.2) is 4.79 Å². The Morgan fingerprint density at radius 1 is 1.67 bits per heavy atom. The molecule has 3 nitrogen and oxygen atoms in total. The average Bonchev–Trinajstić information content (AvgIpc) is 2.04. The van der Waals surface area contributed by atoms with Crippen LogP contribution < -0.4 is 0 Å². The molecule has 3 heteroatoms. The molecule has 1 heterocycles. The first-order valence-corrected chi connectivity index (χ1v) is 4.28. The number of amides is 1. The van der Waals surface area contributed by atoms with Crippen molar-refractivity contribution >= 4 is 6.09 Å². The number of carboxylic acid groups (broad SMARTS) is 1. The summed E-state index contributed by atoms with van der Waals surface area (Å²) in [6.45, 7) is 5.49. The summed E-state index contributed by atoms with van der Waals surface area (Å²) in [6, 6.07) is 0. The summed E-state index contributed by atoms with van der Waals surface area (Å²) in [5.74, 6) is 0.556. The van der Waals surface area contributed by atoms with E-state index in [1.807, 2.05) is 6.08 Å². The zero-order valence-corrected chi connectivity index (χ0v) is 7.58. The first-order valence-electron chi connectivity index (χ1n) is 4.28. The van der Waals surface area contributed by atoms with Crippen molar-refractivity contribution in [3.63, 3.8) is 0 Å². The summed E-state index contributed by atoms with van der Waals surface area (Å²) in [6.07, 6.45) is 2.11. The number of carbonyl (C=O) groups is 1. The number of nitrogens with zero attached hydrogens (tertiary/aromatic N) is 1. The van der Waals surface area contributed by atoms with Crippen molar-refractivity contribution in [2.45, 2.75) is 20.3 Å². The van der Waals surface area contributed by atoms with Crippen molar-refractivity contribution < 1.29 is 9.90 Å². The van der Waals surface area contributed by atoms with Crippen LogP contribution in [-0.2, 0) is 0 Å². The molecule has 0 aromatic carbocycles. The molecule has 12 heavy (non-hydrogen) atoms. The van der Waals surface area contributed by atoms with Gasteiger partial charge in [0.05, 0.1) is 0 Å². The molecule has 1 amide bonds. The second-order valence-electron chi connectivity index (χ2n) is 3.41. The van der Waals surface area contributed by atoms with Crippen LogP contribution in [0.25, 0.3) is 0 Å². The SMILES string of the molecule is CC(C)C1=CCN(C(=O)O)CC1. The van der Waals surface area contributed by atoms with Crippen LogP contribution in [0.2, 0.25) is 0 Å². The van der Waals surface area contributed by atoms with E-state index < -0.39 is 6.09 Å². The molecule has 0 unspecified atom stereocenters. The van der Waals surface area contributed by atoms with Crippen LogP contribution in [-0.4, -0.2) is 29.2 Å². The van der Waals surface area contributed by atoms with E-state index in [-0.39, 0.29) is 0 Å². The van der Waals surface area contributed by atoms with Gasteiger partial charge in [0.1, 0.15) is 0 Å². The molecule has 1 rings (SSSR count). The summed E-state index contributed by atoms with van der Waals surface area (Å²) >= 11 is 0. The van der Waals surface area contributed by atoms with E-state index in [4.69, 9.17) is 5.11 Å². The predicted octanol–water partition coefficient (Wildman–Crippen LogP) is 1.95. The molecule has 1 N–H and O–H groups in total. The van der Waals surface area contributed by atoms with Gasteiger partial charge in [-0.3, -0.25) is 0 Å². The summed E-state index contributed by atoms with van der Waals surface area (Å²) in [7, 11) is 0. The maximum Gasteiger partial charge on any atom is 0.407 e. The highest BCUT2D eigenvalue weighted by atomic mass is 16.4. The van der Waals surface area contributed by atoms with Crippen LogP contribution >= 0.6 is 0 Å². The first kappa shape index (κ1) is 9.10. The average molecular weight is 169 g/mol. The summed E-state index contributed by atoms with van der Waals surface area (Å²) in [4.78, 5) is 12.0. The van der Waals surface area contributed by atoms with E-state index in [1.165, 1.54) is 10.5 Å². The lowest BCUT2D eigenvalue weighted by molar-refractivity contribution is 0.148. The van der Waals surface area contributed by atoms with Crippen LogP contribution in [0.15, 0.2) is 11.6 Å². The van der Waals surface area contributed by atoms with Gasteiger partial charge in [0.15, 0.2) is 0 Å². The molecular formula is C9H15NO2. The Labute approximate surface area is 72.7 Å². The van der Waals surface area contributed by atoms with Gasteiger partial charge in [-0.1, -0.05) is 25.5 Å². The zero-order valence-electron chi connectivity index (χ0n) is 7.58. The van der Waals surface area contributed by atoms with Crippen molar-refractivity contribution in [1.82, 2.24) is 4.90 Å². The Bertz CT molecular complexity index is 209. The second kappa shape index (κ2) is 3.61. The quantitative estimate of drug-likeness (QED) is 0.609. The minimum atomic E-state index is -0.811. The second-order valence-corrected chi connectivity index (χ2v) is 3.41. The van der Waals surface area contributed by atoms with E-state index in [1.54, 1.807) is 0 Å². The monoisotopic (exact) mass is 169 g/mol. The third kappa shape index (κ3) is 2.00. The van der Waals surface area contributed by atoms with Gasteiger partial charge < -0.3 is 10.0 Å². The number of hydrogen-bond acceptors (Lipinski definition) is 1. The van der Waals surface area contributed by atoms with Gasteiger partial charge in [-0.2, -0.15) is 0 Å². The van der Waals surface area contributed by atoms with Crippen LogP contribution in [0.1, 0.15) is 20.3 Å². The van der Waals surface area contributed by atoms with Crippen LogP contribution in [0.3, 0.4) is 0 Å². The molecule has 1 aliphatic rings. The van der Waals surface area contributed by atoms with Gasteiger partial charge in [0.25, 0.3) is 0 Å². The molecule has 0 radical (unpaired) electrons. The fourth-order valence-corrected chi connectivity index (χ4v) is 1.38. The molecule has 0 aliphatic carbocycles. The topological polar surface area (TPSA) is 40.5 Å². The third-order valence-corrected chi connectivity index (χ3v) is 2.26. The van der Waals surface area contributed by atoms with Gasteiger partial charge >= 0.3 is 6.09 Å². The summed E-state index contributed by atoms with van der Waals surface area (Å²) in [5, 5.41) is 8.66. The Morgan fingerprint density at radius 3 is 2.67 bits per heavy atom. The maximum atomic E-state index is 10.5. The van der Waals surface area contributed by atoms with Crippen LogP contribution in [0, 0.1) is 5.92 Å². The largest absolute Gasteiger partial charge is 0.465 e. The molecule has 0 saturated heterocycles.